The van der Waals surface area contributed by atoms with Gasteiger partial charge in [0.15, 0.2) is 0 Å². The Morgan fingerprint density at radius 1 is 1.35 bits per heavy atom. The van der Waals surface area contributed by atoms with Crippen LogP contribution in [0.2, 0.25) is 0 Å². The molecule has 0 aromatic heterocycles. The van der Waals surface area contributed by atoms with E-state index in [-0.39, 0.29) is 0 Å². The maximum absolute atomic E-state index is 11.2. The van der Waals surface area contributed by atoms with Crippen LogP contribution in [0.4, 0.5) is 0 Å². The lowest BCUT2D eigenvalue weighted by atomic mass is 9.84. The van der Waals surface area contributed by atoms with Crippen LogP contribution in [0.1, 0.15) is 47.7 Å². The van der Waals surface area contributed by atoms with E-state index in [0.29, 0.717) is 24.0 Å². The van der Waals surface area contributed by atoms with E-state index in [0.717, 1.165) is 49.2 Å². The van der Waals surface area contributed by atoms with E-state index in [1.807, 2.05) is 30.4 Å². The largest absolute Gasteiger partial charge is 0.494 e. The van der Waals surface area contributed by atoms with Crippen molar-refractivity contribution in [2.45, 2.75) is 40.0 Å². The molecule has 1 aromatic carbocycles. The van der Waals surface area contributed by atoms with Crippen LogP contribution < -0.4 is 4.74 Å². The molecule has 2 rings (SSSR count). The third-order valence-electron chi connectivity index (χ3n) is 4.85. The zero-order chi connectivity index (χ0) is 17.0. The van der Waals surface area contributed by atoms with Gasteiger partial charge in [-0.3, -0.25) is 0 Å². The quantitative estimate of drug-likeness (QED) is 0.786. The van der Waals surface area contributed by atoms with Crippen molar-refractivity contribution in [2.24, 2.45) is 11.8 Å². The first kappa shape index (κ1) is 18.1. The summed E-state index contributed by atoms with van der Waals surface area (Å²) in [6, 6.07) is 3.63. The minimum absolute atomic E-state index is 0.374. The summed E-state index contributed by atoms with van der Waals surface area (Å²) in [6.45, 7) is 8.49. The number of benzene rings is 1. The van der Waals surface area contributed by atoms with Crippen LogP contribution in [0.15, 0.2) is 12.1 Å². The zero-order valence-corrected chi connectivity index (χ0v) is 14.9. The van der Waals surface area contributed by atoms with Crippen LogP contribution in [0, 0.1) is 25.7 Å². The topological polar surface area (TPSA) is 49.8 Å². The number of aryl methyl sites for hydroxylation is 2. The standard InChI is InChI=1S/C18H26ClNO3/c1-12(15-4-7-20(19)8-5-15)6-9-23-16-10-13(2)17(18(21)22)14(3)11-16/h10-12,15H,4-9H2,1-3H3,(H,21,22)/t12-/m1/s1. The Morgan fingerprint density at radius 2 is 1.91 bits per heavy atom. The fourth-order valence-corrected chi connectivity index (χ4v) is 3.57. The molecule has 0 saturated carbocycles. The lowest BCUT2D eigenvalue weighted by Crippen LogP contribution is -2.30. The molecule has 1 aromatic rings. The van der Waals surface area contributed by atoms with Crippen molar-refractivity contribution in [3.63, 3.8) is 0 Å². The maximum atomic E-state index is 11.2. The van der Waals surface area contributed by atoms with Crippen LogP contribution in [-0.4, -0.2) is 35.2 Å². The van der Waals surface area contributed by atoms with E-state index < -0.39 is 5.97 Å². The zero-order valence-electron chi connectivity index (χ0n) is 14.1. The number of carboxylic acid groups (broad SMARTS) is 1. The summed E-state index contributed by atoms with van der Waals surface area (Å²) in [4.78, 5) is 11.2. The molecular weight excluding hydrogens is 314 g/mol. The van der Waals surface area contributed by atoms with Gasteiger partial charge in [0.1, 0.15) is 5.75 Å². The number of carbonyl (C=O) groups is 1. The van der Waals surface area contributed by atoms with Gasteiger partial charge in [-0.05, 0) is 80.0 Å². The number of carboxylic acids is 1. The van der Waals surface area contributed by atoms with Gasteiger partial charge >= 0.3 is 5.97 Å². The molecule has 128 valence electrons. The SMILES string of the molecule is Cc1cc(OCC[C@@H](C)C2CCN(Cl)CC2)cc(C)c1C(=O)O. The molecule has 1 heterocycles. The first-order chi connectivity index (χ1) is 10.9. The lowest BCUT2D eigenvalue weighted by molar-refractivity contribution is 0.0695. The van der Waals surface area contributed by atoms with Crippen molar-refractivity contribution in [1.82, 2.24) is 4.42 Å². The van der Waals surface area contributed by atoms with E-state index in [9.17, 15) is 9.90 Å². The van der Waals surface area contributed by atoms with E-state index in [4.69, 9.17) is 16.5 Å². The Kier molecular flexibility index (Phi) is 6.31. The molecule has 0 radical (unpaired) electrons. The highest BCUT2D eigenvalue weighted by molar-refractivity contribution is 6.13. The predicted octanol–water partition coefficient (Wildman–Crippen LogP) is 4.27. The second kappa shape index (κ2) is 8.02. The first-order valence-corrected chi connectivity index (χ1v) is 8.60. The van der Waals surface area contributed by atoms with E-state index >= 15 is 0 Å². The average molecular weight is 340 g/mol. The third-order valence-corrected chi connectivity index (χ3v) is 5.19. The lowest BCUT2D eigenvalue weighted by Gasteiger charge is -2.31. The monoisotopic (exact) mass is 339 g/mol. The molecule has 0 bridgehead atoms. The molecule has 1 N–H and O–H groups in total. The Balaban J connectivity index is 1.85. The van der Waals surface area contributed by atoms with Gasteiger partial charge in [-0.25, -0.2) is 9.21 Å². The predicted molar refractivity (Wildman–Crippen MR) is 92.3 cm³/mol. The molecule has 1 aliphatic rings. The molecule has 0 amide bonds. The van der Waals surface area contributed by atoms with Crippen molar-refractivity contribution >= 4 is 17.7 Å². The number of rotatable bonds is 6. The smallest absolute Gasteiger partial charge is 0.336 e. The Hall–Kier alpha value is -1.26. The fourth-order valence-electron chi connectivity index (χ4n) is 3.38. The van der Waals surface area contributed by atoms with Gasteiger partial charge in [-0.15, -0.1) is 0 Å². The van der Waals surface area contributed by atoms with Crippen LogP contribution in [0.3, 0.4) is 0 Å². The first-order valence-electron chi connectivity index (χ1n) is 8.26. The van der Waals surface area contributed by atoms with E-state index in [2.05, 4.69) is 6.92 Å². The highest BCUT2D eigenvalue weighted by Crippen LogP contribution is 2.28. The van der Waals surface area contributed by atoms with Crippen molar-refractivity contribution in [3.8, 4) is 5.75 Å². The molecule has 0 spiro atoms. The molecular formula is C18H26ClNO3. The highest BCUT2D eigenvalue weighted by atomic mass is 35.5. The highest BCUT2D eigenvalue weighted by Gasteiger charge is 2.23. The van der Waals surface area contributed by atoms with Gasteiger partial charge in [-0.2, -0.15) is 0 Å². The molecule has 1 fully saturated rings. The summed E-state index contributed by atoms with van der Waals surface area (Å²) in [5.74, 6) is 1.20. The molecule has 1 aliphatic heterocycles. The fraction of sp³-hybridized carbons (Fsp3) is 0.611. The van der Waals surface area contributed by atoms with Gasteiger partial charge in [0.2, 0.25) is 0 Å². The minimum atomic E-state index is -0.884. The van der Waals surface area contributed by atoms with Crippen molar-refractivity contribution < 1.29 is 14.6 Å². The summed E-state index contributed by atoms with van der Waals surface area (Å²) >= 11 is 6.00. The normalized spacial score (nSPS) is 17.9. The molecule has 23 heavy (non-hydrogen) atoms. The van der Waals surface area contributed by atoms with E-state index in [1.165, 1.54) is 0 Å². The Bertz CT molecular complexity index is 530. The van der Waals surface area contributed by atoms with Crippen LogP contribution >= 0.6 is 11.8 Å². The molecule has 0 unspecified atom stereocenters. The molecule has 1 atom stereocenters. The van der Waals surface area contributed by atoms with Gasteiger partial charge in [0.05, 0.1) is 12.2 Å². The molecule has 5 heteroatoms. The van der Waals surface area contributed by atoms with Gasteiger partial charge in [0, 0.05) is 13.1 Å². The second-order valence-corrected chi connectivity index (χ2v) is 7.08. The Morgan fingerprint density at radius 3 is 2.43 bits per heavy atom. The number of halogens is 1. The van der Waals surface area contributed by atoms with Gasteiger partial charge < -0.3 is 9.84 Å². The van der Waals surface area contributed by atoms with Crippen molar-refractivity contribution in [1.29, 1.82) is 0 Å². The van der Waals surface area contributed by atoms with Crippen molar-refractivity contribution in [3.05, 3.63) is 28.8 Å². The summed E-state index contributed by atoms with van der Waals surface area (Å²) in [7, 11) is 0. The summed E-state index contributed by atoms with van der Waals surface area (Å²) in [5.41, 5.74) is 1.86. The molecule has 1 saturated heterocycles. The average Bonchev–Trinajstić information content (AvgIpc) is 2.46. The summed E-state index contributed by atoms with van der Waals surface area (Å²) < 4.78 is 7.73. The number of ether oxygens (including phenoxy) is 1. The number of hydrogen-bond acceptors (Lipinski definition) is 3. The van der Waals surface area contributed by atoms with Crippen LogP contribution in [0.25, 0.3) is 0 Å². The Labute approximate surface area is 143 Å². The van der Waals surface area contributed by atoms with Crippen molar-refractivity contribution in [2.75, 3.05) is 19.7 Å². The molecule has 0 aliphatic carbocycles. The van der Waals surface area contributed by atoms with Gasteiger partial charge in [0.25, 0.3) is 0 Å². The second-order valence-electron chi connectivity index (χ2n) is 6.60. The number of piperidine rings is 1. The summed E-state index contributed by atoms with van der Waals surface area (Å²) in [6.07, 6.45) is 3.30. The van der Waals surface area contributed by atoms with E-state index in [1.54, 1.807) is 0 Å². The third kappa shape index (κ3) is 4.85. The molecule has 4 nitrogen and oxygen atoms in total. The minimum Gasteiger partial charge on any atom is -0.494 e. The summed E-state index contributed by atoms with van der Waals surface area (Å²) in [5, 5.41) is 9.20. The van der Waals surface area contributed by atoms with Gasteiger partial charge in [-0.1, -0.05) is 6.92 Å². The maximum Gasteiger partial charge on any atom is 0.336 e. The van der Waals surface area contributed by atoms with Crippen LogP contribution in [-0.2, 0) is 0 Å². The number of aromatic carboxylic acids is 1. The van der Waals surface area contributed by atoms with Crippen LogP contribution in [0.5, 0.6) is 5.75 Å². The number of nitrogens with zero attached hydrogens (tertiary/aromatic N) is 1. The number of hydrogen-bond donors (Lipinski definition) is 1.